The number of aromatic nitrogens is 2. The van der Waals surface area contributed by atoms with Crippen molar-refractivity contribution in [2.75, 3.05) is 18.0 Å². The number of hydrogen-bond donors (Lipinski definition) is 2. The van der Waals surface area contributed by atoms with Crippen LogP contribution in [0.3, 0.4) is 0 Å². The lowest BCUT2D eigenvalue weighted by atomic mass is 9.79. The monoisotopic (exact) mass is 341 g/mol. The number of urea groups is 1. The van der Waals surface area contributed by atoms with Crippen molar-refractivity contribution in [1.82, 2.24) is 20.8 Å². The zero-order valence-electron chi connectivity index (χ0n) is 13.9. The number of nitrogens with zero attached hydrogens (tertiary/aromatic N) is 3. The van der Waals surface area contributed by atoms with Crippen LogP contribution in [0.2, 0.25) is 0 Å². The standard InChI is InChI=1S/C17H19N5O3/c1-17(14(23)19-15(24)20-17)12-7-9-22(10-8-12)16-18-13(21-25-16)11-5-3-2-4-6-11/h2-6,12H,7-10H2,1H3,(H2,19,20,23,24)/t17-/m0/s1. The van der Waals surface area contributed by atoms with E-state index in [0.717, 1.165) is 18.4 Å². The van der Waals surface area contributed by atoms with Crippen molar-refractivity contribution in [3.05, 3.63) is 30.3 Å². The van der Waals surface area contributed by atoms with Crippen molar-refractivity contribution in [1.29, 1.82) is 0 Å². The van der Waals surface area contributed by atoms with Gasteiger partial charge in [0, 0.05) is 18.7 Å². The third-order valence-electron chi connectivity index (χ3n) is 5.10. The second kappa shape index (κ2) is 5.87. The zero-order chi connectivity index (χ0) is 17.4. The molecule has 2 fully saturated rings. The number of anilines is 1. The maximum atomic E-state index is 12.1. The summed E-state index contributed by atoms with van der Waals surface area (Å²) in [7, 11) is 0. The second-order valence-electron chi connectivity index (χ2n) is 6.64. The van der Waals surface area contributed by atoms with Gasteiger partial charge in [-0.2, -0.15) is 4.98 Å². The Balaban J connectivity index is 1.44. The van der Waals surface area contributed by atoms with Crippen molar-refractivity contribution < 1.29 is 14.1 Å². The number of rotatable bonds is 3. The van der Waals surface area contributed by atoms with Crippen LogP contribution in [0.5, 0.6) is 0 Å². The highest BCUT2D eigenvalue weighted by molar-refractivity contribution is 6.06. The number of imide groups is 1. The molecule has 2 saturated heterocycles. The average molecular weight is 341 g/mol. The minimum absolute atomic E-state index is 0.0757. The summed E-state index contributed by atoms with van der Waals surface area (Å²) in [5.41, 5.74) is 0.0676. The number of piperidine rings is 1. The molecule has 0 saturated carbocycles. The highest BCUT2D eigenvalue weighted by atomic mass is 16.5. The second-order valence-corrected chi connectivity index (χ2v) is 6.64. The Morgan fingerprint density at radius 1 is 1.20 bits per heavy atom. The Kier molecular flexibility index (Phi) is 3.67. The van der Waals surface area contributed by atoms with Crippen LogP contribution in [0.4, 0.5) is 10.8 Å². The third kappa shape index (κ3) is 2.73. The molecule has 8 heteroatoms. The van der Waals surface area contributed by atoms with E-state index >= 15 is 0 Å². The summed E-state index contributed by atoms with van der Waals surface area (Å²) in [6, 6.07) is 9.73. The van der Waals surface area contributed by atoms with Gasteiger partial charge in [0.25, 0.3) is 5.91 Å². The molecule has 2 N–H and O–H groups in total. The summed E-state index contributed by atoms with van der Waals surface area (Å²) in [6.45, 7) is 3.17. The van der Waals surface area contributed by atoms with Crippen LogP contribution in [0.1, 0.15) is 19.8 Å². The van der Waals surface area contributed by atoms with Gasteiger partial charge in [-0.3, -0.25) is 10.1 Å². The van der Waals surface area contributed by atoms with Crippen molar-refractivity contribution in [2.45, 2.75) is 25.3 Å². The van der Waals surface area contributed by atoms with E-state index in [4.69, 9.17) is 4.52 Å². The molecule has 8 nitrogen and oxygen atoms in total. The van der Waals surface area contributed by atoms with E-state index in [9.17, 15) is 9.59 Å². The maximum Gasteiger partial charge on any atom is 0.324 e. The van der Waals surface area contributed by atoms with Crippen LogP contribution in [0.25, 0.3) is 11.4 Å². The number of carbonyl (C=O) groups excluding carboxylic acids is 2. The van der Waals surface area contributed by atoms with Crippen LogP contribution in [0, 0.1) is 5.92 Å². The maximum absolute atomic E-state index is 12.1. The first-order valence-electron chi connectivity index (χ1n) is 8.34. The predicted octanol–water partition coefficient (Wildman–Crippen LogP) is 1.55. The molecular weight excluding hydrogens is 322 g/mol. The van der Waals surface area contributed by atoms with Gasteiger partial charge >= 0.3 is 12.0 Å². The van der Waals surface area contributed by atoms with Crippen molar-refractivity contribution in [3.63, 3.8) is 0 Å². The van der Waals surface area contributed by atoms with Gasteiger partial charge in [-0.15, -0.1) is 0 Å². The van der Waals surface area contributed by atoms with Gasteiger partial charge < -0.3 is 14.7 Å². The van der Waals surface area contributed by atoms with E-state index in [-0.39, 0.29) is 11.8 Å². The largest absolute Gasteiger partial charge is 0.324 e. The topological polar surface area (TPSA) is 100 Å². The van der Waals surface area contributed by atoms with Crippen molar-refractivity contribution in [3.8, 4) is 11.4 Å². The van der Waals surface area contributed by atoms with Gasteiger partial charge in [-0.05, 0) is 25.7 Å². The molecule has 3 amide bonds. The molecule has 0 radical (unpaired) electrons. The molecule has 0 aliphatic carbocycles. The van der Waals surface area contributed by atoms with Crippen molar-refractivity contribution in [2.24, 2.45) is 5.92 Å². The number of amides is 3. The highest BCUT2D eigenvalue weighted by Crippen LogP contribution is 2.32. The van der Waals surface area contributed by atoms with E-state index in [2.05, 4.69) is 20.8 Å². The van der Waals surface area contributed by atoms with E-state index < -0.39 is 11.6 Å². The predicted molar refractivity (Wildman–Crippen MR) is 89.8 cm³/mol. The van der Waals surface area contributed by atoms with Gasteiger partial charge in [0.2, 0.25) is 5.82 Å². The summed E-state index contributed by atoms with van der Waals surface area (Å²) < 4.78 is 5.40. The fraction of sp³-hybridized carbons (Fsp3) is 0.412. The quantitative estimate of drug-likeness (QED) is 0.822. The normalized spacial score (nSPS) is 24.3. The lowest BCUT2D eigenvalue weighted by Gasteiger charge is -2.37. The molecule has 25 heavy (non-hydrogen) atoms. The Morgan fingerprint density at radius 3 is 2.56 bits per heavy atom. The molecule has 4 rings (SSSR count). The molecule has 0 bridgehead atoms. The molecule has 1 aromatic carbocycles. The molecule has 2 aliphatic heterocycles. The summed E-state index contributed by atoms with van der Waals surface area (Å²) in [5, 5.41) is 9.13. The number of benzene rings is 1. The Bertz CT molecular complexity index is 798. The molecule has 2 aromatic rings. The summed E-state index contributed by atoms with van der Waals surface area (Å²) in [4.78, 5) is 30.0. The number of nitrogens with one attached hydrogen (secondary N) is 2. The Labute approximate surface area is 144 Å². The fourth-order valence-corrected chi connectivity index (χ4v) is 3.54. The first-order chi connectivity index (χ1) is 12.1. The van der Waals surface area contributed by atoms with Crippen LogP contribution >= 0.6 is 0 Å². The Morgan fingerprint density at radius 2 is 1.92 bits per heavy atom. The number of hydrogen-bond acceptors (Lipinski definition) is 6. The summed E-state index contributed by atoms with van der Waals surface area (Å²) in [6.07, 6.45) is 1.51. The molecule has 0 spiro atoms. The van der Waals surface area contributed by atoms with E-state index in [0.29, 0.717) is 24.9 Å². The van der Waals surface area contributed by atoms with Gasteiger partial charge in [0.05, 0.1) is 0 Å². The lowest BCUT2D eigenvalue weighted by Crippen LogP contribution is -2.53. The van der Waals surface area contributed by atoms with Gasteiger partial charge in [-0.1, -0.05) is 35.5 Å². The van der Waals surface area contributed by atoms with Gasteiger partial charge in [0.15, 0.2) is 0 Å². The van der Waals surface area contributed by atoms with Gasteiger partial charge in [0.1, 0.15) is 5.54 Å². The molecule has 1 aromatic heterocycles. The van der Waals surface area contributed by atoms with E-state index in [1.54, 1.807) is 6.92 Å². The smallest absolute Gasteiger partial charge is 0.324 e. The zero-order valence-corrected chi connectivity index (χ0v) is 13.9. The Hall–Kier alpha value is -2.90. The molecule has 1 atom stereocenters. The third-order valence-corrected chi connectivity index (χ3v) is 5.10. The molecule has 0 unspecified atom stereocenters. The fourth-order valence-electron chi connectivity index (χ4n) is 3.54. The highest BCUT2D eigenvalue weighted by Gasteiger charge is 2.48. The van der Waals surface area contributed by atoms with Crippen LogP contribution in [-0.4, -0.2) is 40.7 Å². The minimum Gasteiger partial charge on any atom is -0.324 e. The van der Waals surface area contributed by atoms with Crippen LogP contribution in [-0.2, 0) is 4.79 Å². The van der Waals surface area contributed by atoms with Crippen LogP contribution < -0.4 is 15.5 Å². The van der Waals surface area contributed by atoms with E-state index in [1.165, 1.54) is 0 Å². The average Bonchev–Trinajstić information content (AvgIpc) is 3.21. The first kappa shape index (κ1) is 15.6. The van der Waals surface area contributed by atoms with E-state index in [1.807, 2.05) is 35.2 Å². The minimum atomic E-state index is -0.840. The number of carbonyl (C=O) groups is 2. The van der Waals surface area contributed by atoms with Crippen molar-refractivity contribution >= 4 is 18.0 Å². The molecule has 3 heterocycles. The van der Waals surface area contributed by atoms with Crippen LogP contribution in [0.15, 0.2) is 34.9 Å². The first-order valence-corrected chi connectivity index (χ1v) is 8.34. The summed E-state index contributed by atoms with van der Waals surface area (Å²) in [5.74, 6) is 0.388. The van der Waals surface area contributed by atoms with Gasteiger partial charge in [-0.25, -0.2) is 4.79 Å². The molecule has 2 aliphatic rings. The molecular formula is C17H19N5O3. The SMILES string of the molecule is C[C@@]1(C2CCN(c3nc(-c4ccccc4)no3)CC2)NC(=O)NC1=O. The molecule has 130 valence electrons. The lowest BCUT2D eigenvalue weighted by molar-refractivity contribution is -0.125. The summed E-state index contributed by atoms with van der Waals surface area (Å²) >= 11 is 0.